The number of aromatic carboxylic acids is 1. The molecule has 0 bridgehead atoms. The molecule has 0 amide bonds. The maximum atomic E-state index is 10.9. The first-order chi connectivity index (χ1) is 9.60. The average Bonchev–Trinajstić information content (AvgIpc) is 2.33. The Morgan fingerprint density at radius 1 is 1.43 bits per heavy atom. The minimum Gasteiger partial charge on any atom is -0.478 e. The Bertz CT molecular complexity index is 537. The molecule has 7 heteroatoms. The second kappa shape index (κ2) is 6.53. The number of anilines is 1. The van der Waals surface area contributed by atoms with Crippen molar-refractivity contribution in [1.82, 2.24) is 0 Å². The highest BCUT2D eigenvalue weighted by molar-refractivity contribution is 5.90. The van der Waals surface area contributed by atoms with E-state index in [9.17, 15) is 20.0 Å². The van der Waals surface area contributed by atoms with Gasteiger partial charge in [0.15, 0.2) is 0 Å². The predicted molar refractivity (Wildman–Crippen MR) is 78.6 cm³/mol. The van der Waals surface area contributed by atoms with E-state index in [-0.39, 0.29) is 28.9 Å². The fourth-order valence-corrected chi connectivity index (χ4v) is 1.98. The molecule has 3 N–H and O–H groups in total. The minimum absolute atomic E-state index is 0.0478. The van der Waals surface area contributed by atoms with Crippen LogP contribution in [0, 0.1) is 15.5 Å². The van der Waals surface area contributed by atoms with Crippen LogP contribution in [0.25, 0.3) is 0 Å². The van der Waals surface area contributed by atoms with Crippen LogP contribution >= 0.6 is 0 Å². The van der Waals surface area contributed by atoms with Crippen molar-refractivity contribution in [3.63, 3.8) is 0 Å². The number of aliphatic hydroxyl groups excluding tert-OH is 1. The summed E-state index contributed by atoms with van der Waals surface area (Å²) in [7, 11) is 0. The second-order valence-electron chi connectivity index (χ2n) is 6.09. The molecule has 0 aromatic heterocycles. The first-order valence-electron chi connectivity index (χ1n) is 6.54. The first-order valence-corrected chi connectivity index (χ1v) is 6.54. The molecule has 0 aliphatic rings. The zero-order valence-corrected chi connectivity index (χ0v) is 12.3. The van der Waals surface area contributed by atoms with Crippen LogP contribution in [0.2, 0.25) is 0 Å². The molecule has 116 valence electrons. The van der Waals surface area contributed by atoms with Gasteiger partial charge in [0.05, 0.1) is 16.6 Å². The topological polar surface area (TPSA) is 113 Å². The van der Waals surface area contributed by atoms with Crippen molar-refractivity contribution in [3.8, 4) is 0 Å². The molecule has 1 atom stereocenters. The van der Waals surface area contributed by atoms with Crippen molar-refractivity contribution in [2.45, 2.75) is 33.3 Å². The second-order valence-corrected chi connectivity index (χ2v) is 6.09. The van der Waals surface area contributed by atoms with Crippen molar-refractivity contribution < 1.29 is 19.9 Å². The van der Waals surface area contributed by atoms with E-state index in [1.54, 1.807) is 0 Å². The third-order valence-electron chi connectivity index (χ3n) is 2.82. The average molecular weight is 296 g/mol. The molecule has 0 aliphatic carbocycles. The number of nitrogens with zero attached hydrogens (tertiary/aromatic N) is 1. The zero-order valence-electron chi connectivity index (χ0n) is 12.3. The summed E-state index contributed by atoms with van der Waals surface area (Å²) in [4.78, 5) is 21.3. The number of benzene rings is 1. The van der Waals surface area contributed by atoms with E-state index in [0.29, 0.717) is 6.42 Å². The fourth-order valence-electron chi connectivity index (χ4n) is 1.98. The van der Waals surface area contributed by atoms with Crippen molar-refractivity contribution >= 4 is 17.3 Å². The maximum Gasteiger partial charge on any atom is 0.335 e. The predicted octanol–water partition coefficient (Wildman–Crippen LogP) is 2.50. The fraction of sp³-hybridized carbons (Fsp3) is 0.500. The highest BCUT2D eigenvalue weighted by Crippen LogP contribution is 2.26. The van der Waals surface area contributed by atoms with Gasteiger partial charge in [0.25, 0.3) is 5.69 Å². The smallest absolute Gasteiger partial charge is 0.335 e. The van der Waals surface area contributed by atoms with Crippen LogP contribution in [0.4, 0.5) is 11.4 Å². The lowest BCUT2D eigenvalue weighted by Gasteiger charge is -2.22. The normalized spacial score (nSPS) is 12.8. The number of rotatable bonds is 6. The lowest BCUT2D eigenvalue weighted by atomic mass is 9.89. The van der Waals surface area contributed by atoms with Crippen LogP contribution in [-0.2, 0) is 0 Å². The Kier molecular flexibility index (Phi) is 5.26. The summed E-state index contributed by atoms with van der Waals surface area (Å²) in [5, 5.41) is 32.5. The number of carboxylic acid groups (broad SMARTS) is 1. The van der Waals surface area contributed by atoms with Gasteiger partial charge in [0.1, 0.15) is 5.69 Å². The summed E-state index contributed by atoms with van der Waals surface area (Å²) in [5.41, 5.74) is -0.250. The van der Waals surface area contributed by atoms with Crippen LogP contribution in [0.5, 0.6) is 0 Å². The van der Waals surface area contributed by atoms with E-state index in [2.05, 4.69) is 5.32 Å². The van der Waals surface area contributed by atoms with E-state index < -0.39 is 17.0 Å². The van der Waals surface area contributed by atoms with Crippen LogP contribution < -0.4 is 5.32 Å². The number of nitrogens with one attached hydrogen (secondary N) is 1. The molecule has 0 spiro atoms. The monoisotopic (exact) mass is 296 g/mol. The third kappa shape index (κ3) is 5.39. The highest BCUT2D eigenvalue weighted by Gasteiger charge is 2.20. The number of aliphatic hydroxyl groups is 1. The van der Waals surface area contributed by atoms with E-state index in [1.807, 2.05) is 20.8 Å². The van der Waals surface area contributed by atoms with Gasteiger partial charge in [0.2, 0.25) is 0 Å². The molecule has 0 aliphatic heterocycles. The molecule has 1 unspecified atom stereocenters. The summed E-state index contributed by atoms with van der Waals surface area (Å²) in [6.07, 6.45) is -0.162. The van der Waals surface area contributed by atoms with Crippen LogP contribution in [0.1, 0.15) is 37.6 Å². The van der Waals surface area contributed by atoms with Crippen molar-refractivity contribution in [1.29, 1.82) is 0 Å². The molecule has 1 aromatic carbocycles. The van der Waals surface area contributed by atoms with Gasteiger partial charge in [0, 0.05) is 12.6 Å². The summed E-state index contributed by atoms with van der Waals surface area (Å²) in [6, 6.07) is 3.52. The largest absolute Gasteiger partial charge is 0.478 e. The van der Waals surface area contributed by atoms with Crippen molar-refractivity contribution in [2.24, 2.45) is 5.41 Å². The summed E-state index contributed by atoms with van der Waals surface area (Å²) in [6.45, 7) is 6.04. The molecule has 0 radical (unpaired) electrons. The van der Waals surface area contributed by atoms with Crippen LogP contribution in [-0.4, -0.2) is 33.8 Å². The van der Waals surface area contributed by atoms with Gasteiger partial charge in [-0.15, -0.1) is 0 Å². The standard InChI is InChI=1S/C14H20N2O5/c1-14(2,3)7-10(17)8-15-11-6-9(13(18)19)4-5-12(11)16(20)21/h4-6,10,15,17H,7-8H2,1-3H3,(H,18,19). The zero-order chi connectivity index (χ0) is 16.2. The first kappa shape index (κ1) is 16.9. The van der Waals surface area contributed by atoms with Crippen LogP contribution in [0.3, 0.4) is 0 Å². The molecule has 1 rings (SSSR count). The molecule has 7 nitrogen and oxygen atoms in total. The number of hydrogen-bond acceptors (Lipinski definition) is 5. The molecule has 0 saturated carbocycles. The molecule has 0 fully saturated rings. The quantitative estimate of drug-likeness (QED) is 0.549. The SMILES string of the molecule is CC(C)(C)CC(O)CNc1cc(C(=O)O)ccc1[N+](=O)[O-]. The van der Waals surface area contributed by atoms with Gasteiger partial charge in [-0.3, -0.25) is 10.1 Å². The summed E-state index contributed by atoms with van der Waals surface area (Å²) >= 11 is 0. The Hall–Kier alpha value is -2.15. The Labute approximate surface area is 122 Å². The van der Waals surface area contributed by atoms with Crippen LogP contribution in [0.15, 0.2) is 18.2 Å². The Balaban J connectivity index is 2.87. The van der Waals surface area contributed by atoms with E-state index in [0.717, 1.165) is 6.07 Å². The van der Waals surface area contributed by atoms with Crippen molar-refractivity contribution in [2.75, 3.05) is 11.9 Å². The van der Waals surface area contributed by atoms with Gasteiger partial charge in [-0.2, -0.15) is 0 Å². The number of carbonyl (C=O) groups is 1. The Morgan fingerprint density at radius 2 is 2.05 bits per heavy atom. The van der Waals surface area contributed by atoms with E-state index in [4.69, 9.17) is 5.11 Å². The lowest BCUT2D eigenvalue weighted by Crippen LogP contribution is -2.25. The number of hydrogen-bond donors (Lipinski definition) is 3. The maximum absolute atomic E-state index is 10.9. The third-order valence-corrected chi connectivity index (χ3v) is 2.82. The van der Waals surface area contributed by atoms with Gasteiger partial charge >= 0.3 is 5.97 Å². The number of nitro benzene ring substituents is 1. The van der Waals surface area contributed by atoms with Gasteiger partial charge in [-0.05, 0) is 24.0 Å². The highest BCUT2D eigenvalue weighted by atomic mass is 16.6. The summed E-state index contributed by atoms with van der Waals surface area (Å²) < 4.78 is 0. The minimum atomic E-state index is -1.16. The molecule has 0 saturated heterocycles. The lowest BCUT2D eigenvalue weighted by molar-refractivity contribution is -0.384. The Morgan fingerprint density at radius 3 is 2.52 bits per heavy atom. The molecule has 0 heterocycles. The molecule has 21 heavy (non-hydrogen) atoms. The van der Waals surface area contributed by atoms with E-state index in [1.165, 1.54) is 12.1 Å². The van der Waals surface area contributed by atoms with Gasteiger partial charge in [-0.25, -0.2) is 4.79 Å². The molecular formula is C14H20N2O5. The molecular weight excluding hydrogens is 276 g/mol. The van der Waals surface area contributed by atoms with Gasteiger partial charge < -0.3 is 15.5 Å². The van der Waals surface area contributed by atoms with Gasteiger partial charge in [-0.1, -0.05) is 20.8 Å². The number of nitro groups is 1. The molecule has 1 aromatic rings. The number of carboxylic acids is 1. The van der Waals surface area contributed by atoms with Crippen molar-refractivity contribution in [3.05, 3.63) is 33.9 Å². The summed E-state index contributed by atoms with van der Waals surface area (Å²) in [5.74, 6) is -1.16. The van der Waals surface area contributed by atoms with E-state index >= 15 is 0 Å².